The molecule has 0 unspecified atom stereocenters. The molecule has 0 bridgehead atoms. The van der Waals surface area contributed by atoms with Crippen molar-refractivity contribution in [1.82, 2.24) is 4.90 Å². The molecule has 1 N–H and O–H groups in total. The van der Waals surface area contributed by atoms with Gasteiger partial charge in [0, 0.05) is 49.9 Å². The van der Waals surface area contributed by atoms with Crippen LogP contribution in [0.1, 0.15) is 11.1 Å². The molecular weight excluding hydrogens is 436 g/mol. The molecule has 29 heavy (non-hydrogen) atoms. The van der Waals surface area contributed by atoms with Crippen LogP contribution in [0.2, 0.25) is 0 Å². The van der Waals surface area contributed by atoms with Gasteiger partial charge in [-0.3, -0.25) is 4.90 Å². The number of halogens is 1. The zero-order chi connectivity index (χ0) is 20.5. The topological polar surface area (TPSA) is 66.2 Å². The number of aromatic hydroxyl groups is 1. The summed E-state index contributed by atoms with van der Waals surface area (Å²) in [5.74, 6) is 1.000. The summed E-state index contributed by atoms with van der Waals surface area (Å²) in [6, 6.07) is 11.5. The van der Waals surface area contributed by atoms with E-state index in [1.165, 1.54) is 0 Å². The molecule has 2 heterocycles. The highest BCUT2D eigenvalue weighted by molar-refractivity contribution is 9.10. The summed E-state index contributed by atoms with van der Waals surface area (Å²) in [5.41, 5.74) is 2.66. The highest BCUT2D eigenvalue weighted by atomic mass is 79.9. The molecule has 0 spiro atoms. The van der Waals surface area contributed by atoms with Crippen LogP contribution < -0.4 is 15.3 Å². The predicted octanol–water partition coefficient (Wildman–Crippen LogP) is 3.90. The van der Waals surface area contributed by atoms with Crippen molar-refractivity contribution in [3.05, 3.63) is 62.4 Å². The van der Waals surface area contributed by atoms with Crippen LogP contribution in [0.5, 0.6) is 11.5 Å². The third-order valence-electron chi connectivity index (χ3n) is 5.52. The second kappa shape index (κ2) is 8.08. The average Bonchev–Trinajstić information content (AvgIpc) is 2.75. The molecule has 1 aliphatic heterocycles. The van der Waals surface area contributed by atoms with Crippen LogP contribution in [0.15, 0.2) is 50.1 Å². The lowest BCUT2D eigenvalue weighted by atomic mass is 10.1. The van der Waals surface area contributed by atoms with Crippen LogP contribution in [0.4, 0.5) is 5.69 Å². The largest absolute Gasteiger partial charge is 0.507 e. The van der Waals surface area contributed by atoms with Gasteiger partial charge in [0.2, 0.25) is 0 Å². The van der Waals surface area contributed by atoms with Crippen LogP contribution in [-0.2, 0) is 6.54 Å². The fourth-order valence-electron chi connectivity index (χ4n) is 3.79. The summed E-state index contributed by atoms with van der Waals surface area (Å²) in [6.45, 7) is 5.82. The zero-order valence-electron chi connectivity index (χ0n) is 16.4. The van der Waals surface area contributed by atoms with Crippen molar-refractivity contribution >= 4 is 32.6 Å². The van der Waals surface area contributed by atoms with E-state index in [1.54, 1.807) is 19.2 Å². The van der Waals surface area contributed by atoms with E-state index in [1.807, 2.05) is 25.1 Å². The number of ether oxygens (including phenoxy) is 1. The van der Waals surface area contributed by atoms with Crippen molar-refractivity contribution in [1.29, 1.82) is 0 Å². The quantitative estimate of drug-likeness (QED) is 0.598. The number of anilines is 1. The van der Waals surface area contributed by atoms with Gasteiger partial charge < -0.3 is 19.2 Å². The SMILES string of the molecule is COc1cccc(N2CCN(Cc3c(O)ccc4c(C)c(Br)c(=O)oc34)CC2)c1. The lowest BCUT2D eigenvalue weighted by Gasteiger charge is -2.36. The summed E-state index contributed by atoms with van der Waals surface area (Å²) >= 11 is 3.29. The molecule has 7 heteroatoms. The molecule has 152 valence electrons. The number of phenols is 1. The van der Waals surface area contributed by atoms with Gasteiger partial charge in [0.05, 0.1) is 12.7 Å². The Morgan fingerprint density at radius 1 is 1.17 bits per heavy atom. The van der Waals surface area contributed by atoms with E-state index in [4.69, 9.17) is 9.15 Å². The monoisotopic (exact) mass is 458 g/mol. The van der Waals surface area contributed by atoms with E-state index in [9.17, 15) is 9.90 Å². The maximum atomic E-state index is 12.1. The molecule has 1 fully saturated rings. The second-order valence-corrected chi connectivity index (χ2v) is 8.03. The molecule has 3 aromatic rings. The number of hydrogen-bond donors (Lipinski definition) is 1. The molecule has 0 saturated carbocycles. The number of piperazine rings is 1. The van der Waals surface area contributed by atoms with Gasteiger partial charge in [-0.2, -0.15) is 0 Å². The Hall–Kier alpha value is -2.51. The fourth-order valence-corrected chi connectivity index (χ4v) is 4.08. The first-order chi connectivity index (χ1) is 14.0. The molecule has 1 saturated heterocycles. The highest BCUT2D eigenvalue weighted by Crippen LogP contribution is 2.32. The normalized spacial score (nSPS) is 15.1. The minimum atomic E-state index is -0.426. The zero-order valence-corrected chi connectivity index (χ0v) is 18.0. The van der Waals surface area contributed by atoms with Crippen LogP contribution in [0, 0.1) is 6.92 Å². The van der Waals surface area contributed by atoms with Gasteiger partial charge in [-0.1, -0.05) is 6.07 Å². The minimum absolute atomic E-state index is 0.151. The van der Waals surface area contributed by atoms with Gasteiger partial charge >= 0.3 is 5.63 Å². The molecular formula is C22H23BrN2O4. The standard InChI is InChI=1S/C22H23BrN2O4/c1-14-17-6-7-19(26)18(21(17)29-22(27)20(14)23)13-24-8-10-25(11-9-24)15-4-3-5-16(12-15)28-2/h3-7,12,26H,8-11,13H2,1-2H3. The molecule has 6 nitrogen and oxygen atoms in total. The first kappa shape index (κ1) is 19.8. The molecule has 0 amide bonds. The molecule has 0 radical (unpaired) electrons. The molecule has 1 aliphatic rings. The van der Waals surface area contributed by atoms with Crippen molar-refractivity contribution < 1.29 is 14.3 Å². The van der Waals surface area contributed by atoms with E-state index in [0.29, 0.717) is 22.2 Å². The third kappa shape index (κ3) is 3.84. The Kier molecular flexibility index (Phi) is 5.52. The number of phenolic OH excluding ortho intramolecular Hbond substituents is 1. The van der Waals surface area contributed by atoms with Crippen LogP contribution in [0.25, 0.3) is 11.0 Å². The van der Waals surface area contributed by atoms with Crippen molar-refractivity contribution in [2.24, 2.45) is 0 Å². The highest BCUT2D eigenvalue weighted by Gasteiger charge is 2.21. The first-order valence-corrected chi connectivity index (χ1v) is 10.3. The Bertz CT molecular complexity index is 1100. The number of nitrogens with zero attached hydrogens (tertiary/aromatic N) is 2. The summed E-state index contributed by atoms with van der Waals surface area (Å²) in [5, 5.41) is 11.3. The fraction of sp³-hybridized carbons (Fsp3) is 0.318. The van der Waals surface area contributed by atoms with E-state index in [2.05, 4.69) is 31.8 Å². The average molecular weight is 459 g/mol. The lowest BCUT2D eigenvalue weighted by Crippen LogP contribution is -2.46. The Morgan fingerprint density at radius 3 is 2.66 bits per heavy atom. The number of benzene rings is 2. The van der Waals surface area contributed by atoms with Crippen LogP contribution in [0.3, 0.4) is 0 Å². The number of aryl methyl sites for hydroxylation is 1. The van der Waals surface area contributed by atoms with Gasteiger partial charge in [-0.15, -0.1) is 0 Å². The summed E-state index contributed by atoms with van der Waals surface area (Å²) in [4.78, 5) is 16.7. The van der Waals surface area contributed by atoms with Crippen molar-refractivity contribution in [3.8, 4) is 11.5 Å². The van der Waals surface area contributed by atoms with Crippen LogP contribution >= 0.6 is 15.9 Å². The number of methoxy groups -OCH3 is 1. The van der Waals surface area contributed by atoms with E-state index in [-0.39, 0.29) is 5.75 Å². The van der Waals surface area contributed by atoms with Crippen molar-refractivity contribution in [2.75, 3.05) is 38.2 Å². The first-order valence-electron chi connectivity index (χ1n) is 9.53. The number of hydrogen-bond acceptors (Lipinski definition) is 6. The van der Waals surface area contributed by atoms with Crippen molar-refractivity contribution in [2.45, 2.75) is 13.5 Å². The summed E-state index contributed by atoms with van der Waals surface area (Å²) in [7, 11) is 1.67. The van der Waals surface area contributed by atoms with E-state index >= 15 is 0 Å². The molecule has 4 rings (SSSR count). The van der Waals surface area contributed by atoms with Gasteiger partial charge in [0.1, 0.15) is 21.6 Å². The van der Waals surface area contributed by atoms with Gasteiger partial charge in [-0.25, -0.2) is 4.79 Å². The second-order valence-electron chi connectivity index (χ2n) is 7.23. The van der Waals surface area contributed by atoms with E-state index < -0.39 is 5.63 Å². The Labute approximate surface area is 177 Å². The minimum Gasteiger partial charge on any atom is -0.507 e. The predicted molar refractivity (Wildman–Crippen MR) is 117 cm³/mol. The lowest BCUT2D eigenvalue weighted by molar-refractivity contribution is 0.246. The molecule has 2 aromatic carbocycles. The maximum Gasteiger partial charge on any atom is 0.350 e. The third-order valence-corrected chi connectivity index (χ3v) is 6.43. The van der Waals surface area contributed by atoms with E-state index in [0.717, 1.165) is 48.6 Å². The van der Waals surface area contributed by atoms with Gasteiger partial charge in [-0.05, 0) is 52.7 Å². The molecule has 0 atom stereocenters. The smallest absolute Gasteiger partial charge is 0.350 e. The Balaban J connectivity index is 1.54. The van der Waals surface area contributed by atoms with Crippen molar-refractivity contribution in [3.63, 3.8) is 0 Å². The number of rotatable bonds is 4. The van der Waals surface area contributed by atoms with Crippen LogP contribution in [-0.4, -0.2) is 43.3 Å². The molecule has 0 aliphatic carbocycles. The summed E-state index contributed by atoms with van der Waals surface area (Å²) < 4.78 is 11.3. The maximum absolute atomic E-state index is 12.1. The number of fused-ring (bicyclic) bond motifs is 1. The van der Waals surface area contributed by atoms with Gasteiger partial charge in [0.25, 0.3) is 0 Å². The summed E-state index contributed by atoms with van der Waals surface area (Å²) in [6.07, 6.45) is 0. The molecule has 1 aromatic heterocycles. The van der Waals surface area contributed by atoms with Gasteiger partial charge in [0.15, 0.2) is 0 Å². The Morgan fingerprint density at radius 2 is 1.93 bits per heavy atom.